The predicted octanol–water partition coefficient (Wildman–Crippen LogP) is -5.09. The van der Waals surface area contributed by atoms with Crippen molar-refractivity contribution >= 4 is 71.0 Å². The number of hydrogen-bond donors (Lipinski definition) is 15. The van der Waals surface area contributed by atoms with Crippen LogP contribution < -0.4 is 53.6 Å². The molecule has 0 heterocycles. The lowest BCUT2D eigenvalue weighted by atomic mass is 9.96. The van der Waals surface area contributed by atoms with Gasteiger partial charge in [0.2, 0.25) is 59.1 Å². The van der Waals surface area contributed by atoms with Crippen LogP contribution in [0.15, 0.2) is 30.3 Å². The van der Waals surface area contributed by atoms with Crippen LogP contribution in [0.3, 0.4) is 0 Å². The number of aliphatic hydroxyl groups is 3. The summed E-state index contributed by atoms with van der Waals surface area (Å²) in [6.45, 7) is 10.3. The van der Waals surface area contributed by atoms with E-state index in [1.54, 1.807) is 51.1 Å². The number of carbonyl (C=O) groups excluding carboxylic acids is 10. The highest BCUT2D eigenvalue weighted by Gasteiger charge is 2.39. The average molecular weight is 1020 g/mol. The fourth-order valence-corrected chi connectivity index (χ4v) is 6.72. The van der Waals surface area contributed by atoms with E-state index in [9.17, 15) is 83.1 Å². The van der Waals surface area contributed by atoms with E-state index in [1.165, 1.54) is 13.8 Å². The molecule has 0 unspecified atom stereocenters. The number of amides is 10. The van der Waals surface area contributed by atoms with Gasteiger partial charge in [0.05, 0.1) is 31.3 Å². The fraction of sp³-hybridized carbons (Fsp3) is 0.600. The second-order valence-corrected chi connectivity index (χ2v) is 17.6. The quantitative estimate of drug-likeness (QED) is 0.0331. The maximum atomic E-state index is 14.0. The third-order valence-corrected chi connectivity index (χ3v) is 10.9. The van der Waals surface area contributed by atoms with Gasteiger partial charge in [-0.15, -0.1) is 0 Å². The summed E-state index contributed by atoms with van der Waals surface area (Å²) in [4.78, 5) is 155. The Hall–Kier alpha value is -7.26. The molecule has 0 fully saturated rings. The van der Waals surface area contributed by atoms with Crippen molar-refractivity contribution in [2.45, 2.75) is 154 Å². The lowest BCUT2D eigenvalue weighted by Gasteiger charge is -2.30. The summed E-state index contributed by atoms with van der Waals surface area (Å²) in [6.07, 6.45) is -7.60. The minimum Gasteiger partial charge on any atom is -0.481 e. The van der Waals surface area contributed by atoms with Crippen molar-refractivity contribution in [2.75, 3.05) is 6.54 Å². The summed E-state index contributed by atoms with van der Waals surface area (Å²) in [6, 6.07) is -5.05. The van der Waals surface area contributed by atoms with Crippen molar-refractivity contribution in [3.05, 3.63) is 35.9 Å². The molecule has 72 heavy (non-hydrogen) atoms. The summed E-state index contributed by atoms with van der Waals surface area (Å²) < 4.78 is 0. The van der Waals surface area contributed by atoms with Crippen LogP contribution >= 0.6 is 0 Å². The van der Waals surface area contributed by atoms with Gasteiger partial charge in [-0.05, 0) is 44.6 Å². The monoisotopic (exact) mass is 1020 g/mol. The summed E-state index contributed by atoms with van der Waals surface area (Å²) in [5, 5.41) is 71.1. The molecular weight excluding hydrogens is 953 g/mol. The Morgan fingerprint density at radius 3 is 1.38 bits per heavy atom. The van der Waals surface area contributed by atoms with E-state index in [0.717, 1.165) is 20.8 Å². The fourth-order valence-electron chi connectivity index (χ4n) is 6.72. The van der Waals surface area contributed by atoms with Crippen LogP contribution in [-0.2, 0) is 64.0 Å². The molecule has 0 bridgehead atoms. The van der Waals surface area contributed by atoms with Crippen LogP contribution in [0, 0.1) is 11.8 Å². The van der Waals surface area contributed by atoms with Crippen molar-refractivity contribution < 1.29 is 83.1 Å². The van der Waals surface area contributed by atoms with Crippen molar-refractivity contribution in [1.29, 1.82) is 0 Å². The third kappa shape index (κ3) is 21.8. The van der Waals surface area contributed by atoms with E-state index < -0.39 is 175 Å². The zero-order chi connectivity index (χ0) is 55.2. The lowest BCUT2D eigenvalue weighted by molar-refractivity contribution is -0.142. The van der Waals surface area contributed by atoms with Crippen molar-refractivity contribution in [2.24, 2.45) is 17.6 Å². The Morgan fingerprint density at radius 1 is 0.514 bits per heavy atom. The molecule has 0 saturated heterocycles. The number of hydrogen-bond acceptors (Lipinski definition) is 15. The molecule has 0 aliphatic rings. The Kier molecular flexibility index (Phi) is 26.6. The molecule has 1 rings (SSSR count). The topological polar surface area (TPSA) is 440 Å². The van der Waals surface area contributed by atoms with Crippen molar-refractivity contribution in [1.82, 2.24) is 47.9 Å². The molecule has 1 aromatic rings. The number of nitrogens with one attached hydrogen (secondary N) is 9. The van der Waals surface area contributed by atoms with Gasteiger partial charge in [-0.1, -0.05) is 64.4 Å². The first-order valence-corrected chi connectivity index (χ1v) is 23.0. The number of aliphatic hydroxyl groups excluding tert-OH is 3. The molecule has 1 aromatic carbocycles. The maximum Gasteiger partial charge on any atom is 0.305 e. The number of nitrogens with two attached hydrogens (primary N) is 1. The third-order valence-electron chi connectivity index (χ3n) is 10.9. The highest BCUT2D eigenvalue weighted by molar-refractivity contribution is 5.99. The normalized spacial score (nSPS) is 16.1. The molecule has 0 radical (unpaired) electrons. The van der Waals surface area contributed by atoms with Gasteiger partial charge in [-0.2, -0.15) is 0 Å². The maximum absolute atomic E-state index is 14.0. The largest absolute Gasteiger partial charge is 0.481 e. The van der Waals surface area contributed by atoms with Gasteiger partial charge in [0, 0.05) is 19.8 Å². The molecule has 12 atom stereocenters. The van der Waals surface area contributed by atoms with E-state index in [0.29, 0.717) is 5.56 Å². The van der Waals surface area contributed by atoms with Crippen LogP contribution in [0.1, 0.15) is 86.6 Å². The molecule has 16 N–H and O–H groups in total. The average Bonchev–Trinajstić information content (AvgIpc) is 3.28. The molecule has 27 nitrogen and oxygen atoms in total. The molecule has 0 saturated carbocycles. The number of carboxylic acid groups (broad SMARTS) is 2. The van der Waals surface area contributed by atoms with E-state index in [4.69, 9.17) is 5.73 Å². The van der Waals surface area contributed by atoms with E-state index in [1.807, 2.05) is 0 Å². The van der Waals surface area contributed by atoms with Crippen molar-refractivity contribution in [3.63, 3.8) is 0 Å². The minimum atomic E-state index is -2.04. The highest BCUT2D eigenvalue weighted by Crippen LogP contribution is 2.13. The molecule has 0 aliphatic heterocycles. The van der Waals surface area contributed by atoms with Gasteiger partial charge in [-0.25, -0.2) is 0 Å². The van der Waals surface area contributed by atoms with Crippen LogP contribution in [0.5, 0.6) is 0 Å². The first kappa shape index (κ1) is 62.8. The summed E-state index contributed by atoms with van der Waals surface area (Å²) >= 11 is 0. The number of aliphatic carboxylic acids is 2. The van der Waals surface area contributed by atoms with Gasteiger partial charge in [0.25, 0.3) is 0 Å². The molecule has 0 aromatic heterocycles. The van der Waals surface area contributed by atoms with E-state index in [2.05, 4.69) is 47.9 Å². The van der Waals surface area contributed by atoms with Gasteiger partial charge in [0.15, 0.2) is 0 Å². The lowest BCUT2D eigenvalue weighted by Crippen LogP contribution is -2.63. The summed E-state index contributed by atoms with van der Waals surface area (Å²) in [5.41, 5.74) is 5.60. The standard InChI is InChI=1S/C45H70N10O17/c1-9-21(4)34(52-44(71)36(23(6)57)54-40(67)28(17-26-13-11-10-12-14-26)50-42(69)33(20(2)3)48-25(8)59)43(70)51-29(18-32(63)64)39(66)49-27(15-16-31(61)62)38(65)53-37(24(7)58)45(72)55-35(22(5)56)41(68)47-19-30(46)60/h10-14,20-24,27-29,33-37,56-58H,9,15-19H2,1-8H3,(H2,46,60)(H,47,68)(H,48,59)(H,49,66)(H,50,69)(H,51,70)(H,52,71)(H,53,65)(H,54,67)(H,55,72)(H,61,62)(H,63,64)/t21-,22+,23+,24+,27-,28-,29-,33-,34-,35-,36-,37-/m0/s1. The Balaban J connectivity index is 3.48. The number of carbonyl (C=O) groups is 12. The van der Waals surface area contributed by atoms with Crippen LogP contribution in [0.25, 0.3) is 0 Å². The smallest absolute Gasteiger partial charge is 0.305 e. The molecule has 0 aliphatic carbocycles. The van der Waals surface area contributed by atoms with Gasteiger partial charge < -0.3 is 79.1 Å². The summed E-state index contributed by atoms with van der Waals surface area (Å²) in [5.74, 6) is -14.8. The zero-order valence-corrected chi connectivity index (χ0v) is 41.3. The van der Waals surface area contributed by atoms with Crippen LogP contribution in [0.4, 0.5) is 0 Å². The highest BCUT2D eigenvalue weighted by atomic mass is 16.4. The van der Waals surface area contributed by atoms with E-state index in [-0.39, 0.29) is 12.8 Å². The Labute approximate surface area is 415 Å². The van der Waals surface area contributed by atoms with Gasteiger partial charge in [-0.3, -0.25) is 57.5 Å². The van der Waals surface area contributed by atoms with Crippen LogP contribution in [0.2, 0.25) is 0 Å². The van der Waals surface area contributed by atoms with Gasteiger partial charge in [0.1, 0.15) is 48.3 Å². The number of benzene rings is 1. The first-order chi connectivity index (χ1) is 33.5. The second-order valence-electron chi connectivity index (χ2n) is 17.6. The number of carboxylic acids is 2. The molecule has 0 spiro atoms. The zero-order valence-electron chi connectivity index (χ0n) is 41.3. The second kappa shape index (κ2) is 30.5. The molecular formula is C45H70N10O17. The predicted molar refractivity (Wildman–Crippen MR) is 252 cm³/mol. The number of rotatable bonds is 31. The Bertz CT molecular complexity index is 2090. The van der Waals surface area contributed by atoms with Crippen molar-refractivity contribution in [3.8, 4) is 0 Å². The Morgan fingerprint density at radius 2 is 0.931 bits per heavy atom. The SMILES string of the molecule is CC[C@H](C)[C@H](NC(=O)[C@@H](NC(=O)[C@H](Cc1ccccc1)NC(=O)[C@@H](NC(C)=O)C(C)C)[C@@H](C)O)C(=O)N[C@@H](CC(=O)O)C(=O)N[C@@H](CCC(=O)O)C(=O)N[C@H](C(=O)N[C@H](C(=O)NCC(N)=O)[C@@H](C)O)[C@@H](C)O. The summed E-state index contributed by atoms with van der Waals surface area (Å²) in [7, 11) is 0. The van der Waals surface area contributed by atoms with Gasteiger partial charge >= 0.3 is 11.9 Å². The molecule has 402 valence electrons. The van der Waals surface area contributed by atoms with Crippen LogP contribution in [-0.4, -0.2) is 170 Å². The first-order valence-electron chi connectivity index (χ1n) is 23.0. The van der Waals surface area contributed by atoms with E-state index >= 15 is 0 Å². The minimum absolute atomic E-state index is 0.108. The molecule has 10 amide bonds. The number of primary amides is 1. The molecule has 27 heteroatoms.